The Morgan fingerprint density at radius 1 is 1.13 bits per heavy atom. The van der Waals surface area contributed by atoms with Gasteiger partial charge in [-0.2, -0.15) is 0 Å². The van der Waals surface area contributed by atoms with Crippen molar-refractivity contribution in [1.82, 2.24) is 9.79 Å². The van der Waals surface area contributed by atoms with Crippen molar-refractivity contribution < 1.29 is 18.0 Å². The van der Waals surface area contributed by atoms with Crippen LogP contribution in [0.25, 0.3) is 0 Å². The second-order valence-electron chi connectivity index (χ2n) is 4.82. The van der Waals surface area contributed by atoms with Crippen LogP contribution < -0.4 is 4.72 Å². The van der Waals surface area contributed by atoms with Crippen LogP contribution >= 0.6 is 0 Å². The fraction of sp³-hybridized carbons (Fsp3) is 0.188. The van der Waals surface area contributed by atoms with E-state index in [4.69, 9.17) is 4.84 Å². The monoisotopic (exact) mass is 334 g/mol. The zero-order valence-electron chi connectivity index (χ0n) is 12.9. The van der Waals surface area contributed by atoms with E-state index in [9.17, 15) is 13.2 Å². The molecule has 2 rings (SSSR count). The molecule has 0 saturated carbocycles. The number of benzene rings is 2. The summed E-state index contributed by atoms with van der Waals surface area (Å²) in [6, 6.07) is 15.0. The predicted molar refractivity (Wildman–Crippen MR) is 86.0 cm³/mol. The van der Waals surface area contributed by atoms with E-state index in [0.29, 0.717) is 0 Å². The molecule has 2 aromatic carbocycles. The van der Waals surface area contributed by atoms with Gasteiger partial charge in [0.05, 0.1) is 12.0 Å². The number of nitrogens with one attached hydrogen (secondary N) is 1. The van der Waals surface area contributed by atoms with Crippen LogP contribution in [0.2, 0.25) is 0 Å². The molecule has 0 spiro atoms. The van der Waals surface area contributed by atoms with E-state index >= 15 is 0 Å². The summed E-state index contributed by atoms with van der Waals surface area (Å²) in [6.07, 6.45) is 0. The van der Waals surface area contributed by atoms with Gasteiger partial charge < -0.3 is 0 Å². The molecule has 0 radical (unpaired) electrons. The Kier molecular flexibility index (Phi) is 5.49. The van der Waals surface area contributed by atoms with Gasteiger partial charge in [-0.3, -0.25) is 9.63 Å². The zero-order chi connectivity index (χ0) is 16.9. The fourth-order valence-corrected chi connectivity index (χ4v) is 2.98. The lowest BCUT2D eigenvalue weighted by atomic mass is 10.2. The molecule has 0 aliphatic heterocycles. The van der Waals surface area contributed by atoms with Gasteiger partial charge in [0.2, 0.25) is 10.0 Å². The molecule has 1 N–H and O–H groups in total. The third-order valence-electron chi connectivity index (χ3n) is 3.26. The van der Waals surface area contributed by atoms with Crippen LogP contribution in [0.5, 0.6) is 0 Å². The highest BCUT2D eigenvalue weighted by Crippen LogP contribution is 2.13. The molecule has 0 unspecified atom stereocenters. The topological polar surface area (TPSA) is 75.7 Å². The van der Waals surface area contributed by atoms with Crippen molar-refractivity contribution in [2.45, 2.75) is 11.4 Å². The van der Waals surface area contributed by atoms with E-state index in [0.717, 1.165) is 10.6 Å². The van der Waals surface area contributed by atoms with E-state index in [1.807, 2.05) is 30.3 Å². The summed E-state index contributed by atoms with van der Waals surface area (Å²) in [4.78, 5) is 16.9. The lowest BCUT2D eigenvalue weighted by molar-refractivity contribution is -0.0757. The highest BCUT2D eigenvalue weighted by molar-refractivity contribution is 7.89. The van der Waals surface area contributed by atoms with Crippen LogP contribution in [0.4, 0.5) is 0 Å². The smallest absolute Gasteiger partial charge is 0.274 e. The molecule has 2 aromatic rings. The molecule has 0 bridgehead atoms. The first-order chi connectivity index (χ1) is 10.9. The second kappa shape index (κ2) is 7.36. The van der Waals surface area contributed by atoms with Crippen LogP contribution in [0.3, 0.4) is 0 Å². The van der Waals surface area contributed by atoms with E-state index in [-0.39, 0.29) is 17.0 Å². The summed E-state index contributed by atoms with van der Waals surface area (Å²) in [5.74, 6) is -0.424. The third-order valence-corrected chi connectivity index (χ3v) is 4.66. The van der Waals surface area contributed by atoms with Crippen molar-refractivity contribution in [1.29, 1.82) is 0 Å². The molecule has 0 aliphatic rings. The van der Waals surface area contributed by atoms with Crippen molar-refractivity contribution in [3.8, 4) is 0 Å². The number of hydroxylamine groups is 2. The van der Waals surface area contributed by atoms with Gasteiger partial charge in [0.1, 0.15) is 0 Å². The molecule has 23 heavy (non-hydrogen) atoms. The Labute approximate surface area is 135 Å². The number of hydrogen-bond acceptors (Lipinski definition) is 4. The summed E-state index contributed by atoms with van der Waals surface area (Å²) in [7, 11) is -0.892. The minimum Gasteiger partial charge on any atom is -0.274 e. The van der Waals surface area contributed by atoms with Crippen molar-refractivity contribution in [3.05, 3.63) is 65.7 Å². The highest BCUT2D eigenvalue weighted by Gasteiger charge is 2.17. The molecule has 7 heteroatoms. The minimum absolute atomic E-state index is 0.0313. The third kappa shape index (κ3) is 4.38. The molecule has 0 saturated heterocycles. The molecule has 0 aromatic heterocycles. The lowest BCUT2D eigenvalue weighted by Crippen LogP contribution is -2.26. The largest absolute Gasteiger partial charge is 0.277 e. The quantitative estimate of drug-likeness (QED) is 0.817. The standard InChI is InChI=1S/C16H18N2O4S/c1-18(22-2)16(19)14-9-6-10-15(11-14)23(20,21)17-12-13-7-4-3-5-8-13/h3-11,17H,12H2,1-2H3. The van der Waals surface area contributed by atoms with Gasteiger partial charge in [-0.1, -0.05) is 36.4 Å². The molecule has 0 aliphatic carbocycles. The van der Waals surface area contributed by atoms with Crippen molar-refractivity contribution in [2.75, 3.05) is 14.2 Å². The lowest BCUT2D eigenvalue weighted by Gasteiger charge is -2.14. The minimum atomic E-state index is -3.71. The van der Waals surface area contributed by atoms with Crippen LogP contribution in [0.15, 0.2) is 59.5 Å². The predicted octanol–water partition coefficient (Wildman–Crippen LogP) is 1.80. The van der Waals surface area contributed by atoms with Crippen LogP contribution in [0, 0.1) is 0 Å². The van der Waals surface area contributed by atoms with E-state index in [2.05, 4.69) is 4.72 Å². The summed E-state index contributed by atoms with van der Waals surface area (Å²) in [5.41, 5.74) is 1.08. The summed E-state index contributed by atoms with van der Waals surface area (Å²) < 4.78 is 27.2. The number of sulfonamides is 1. The number of hydrogen-bond donors (Lipinski definition) is 1. The first kappa shape index (κ1) is 17.1. The Bertz CT molecular complexity index is 776. The Morgan fingerprint density at radius 3 is 2.48 bits per heavy atom. The van der Waals surface area contributed by atoms with Gasteiger partial charge >= 0.3 is 0 Å². The van der Waals surface area contributed by atoms with Crippen LogP contribution in [0.1, 0.15) is 15.9 Å². The first-order valence-corrected chi connectivity index (χ1v) is 8.38. The number of amides is 1. The van der Waals surface area contributed by atoms with Gasteiger partial charge in [-0.25, -0.2) is 18.2 Å². The number of rotatable bonds is 6. The van der Waals surface area contributed by atoms with Crippen molar-refractivity contribution >= 4 is 15.9 Å². The van der Waals surface area contributed by atoms with E-state index in [1.54, 1.807) is 0 Å². The SMILES string of the molecule is CON(C)C(=O)c1cccc(S(=O)(=O)NCc2ccccc2)c1. The van der Waals surface area contributed by atoms with Crippen molar-refractivity contribution in [3.63, 3.8) is 0 Å². The average Bonchev–Trinajstić information content (AvgIpc) is 2.59. The second-order valence-corrected chi connectivity index (χ2v) is 6.59. The maximum Gasteiger partial charge on any atom is 0.277 e. The Morgan fingerprint density at radius 2 is 1.83 bits per heavy atom. The number of carbonyl (C=O) groups is 1. The molecule has 122 valence electrons. The maximum atomic E-state index is 12.4. The van der Waals surface area contributed by atoms with Gasteiger partial charge in [-0.05, 0) is 23.8 Å². The first-order valence-electron chi connectivity index (χ1n) is 6.90. The van der Waals surface area contributed by atoms with Crippen LogP contribution in [-0.4, -0.2) is 33.5 Å². The molecular formula is C16H18N2O4S. The fourth-order valence-electron chi connectivity index (χ4n) is 1.92. The maximum absolute atomic E-state index is 12.4. The van der Waals surface area contributed by atoms with E-state index in [1.165, 1.54) is 38.4 Å². The van der Waals surface area contributed by atoms with Crippen LogP contribution in [-0.2, 0) is 21.4 Å². The zero-order valence-corrected chi connectivity index (χ0v) is 13.7. The molecule has 1 amide bonds. The molecule has 0 fully saturated rings. The molecule has 0 heterocycles. The number of carbonyl (C=O) groups excluding carboxylic acids is 1. The van der Waals surface area contributed by atoms with E-state index < -0.39 is 15.9 Å². The van der Waals surface area contributed by atoms with Gasteiger partial charge in [-0.15, -0.1) is 0 Å². The normalized spacial score (nSPS) is 11.2. The van der Waals surface area contributed by atoms with Gasteiger partial charge in [0.15, 0.2) is 0 Å². The summed E-state index contributed by atoms with van der Waals surface area (Å²) in [5, 5.41) is 1.03. The van der Waals surface area contributed by atoms with Gasteiger partial charge in [0.25, 0.3) is 5.91 Å². The molecule has 0 atom stereocenters. The summed E-state index contributed by atoms with van der Waals surface area (Å²) in [6.45, 7) is 0.180. The average molecular weight is 334 g/mol. The molecular weight excluding hydrogens is 316 g/mol. The Balaban J connectivity index is 2.18. The van der Waals surface area contributed by atoms with Crippen molar-refractivity contribution in [2.24, 2.45) is 0 Å². The van der Waals surface area contributed by atoms with Gasteiger partial charge in [0, 0.05) is 19.2 Å². The summed E-state index contributed by atoms with van der Waals surface area (Å²) >= 11 is 0. The number of nitrogens with zero attached hydrogens (tertiary/aromatic N) is 1. The highest BCUT2D eigenvalue weighted by atomic mass is 32.2. The molecule has 6 nitrogen and oxygen atoms in total. The Hall–Kier alpha value is -2.22.